The van der Waals surface area contributed by atoms with Crippen molar-refractivity contribution >= 4 is 35.3 Å². The fourth-order valence-corrected chi connectivity index (χ4v) is 7.72. The van der Waals surface area contributed by atoms with Crippen LogP contribution in [-0.2, 0) is 9.59 Å². The van der Waals surface area contributed by atoms with Crippen molar-refractivity contribution in [3.63, 3.8) is 0 Å². The van der Waals surface area contributed by atoms with Crippen LogP contribution in [0.2, 0.25) is 0 Å². The maximum absolute atomic E-state index is 12.0. The van der Waals surface area contributed by atoms with Crippen LogP contribution in [0.4, 0.5) is 0 Å². The molecule has 4 aliphatic heterocycles. The second-order valence-electron chi connectivity index (χ2n) is 10.9. The number of hydrogen-bond donors (Lipinski definition) is 2. The SMILES string of the molecule is CC(C)(C)N1C(=O)CSC12CCNCC2.CC(C)(C)N1CCC2(CC1)NC(=O)CS2. The molecule has 0 bridgehead atoms. The predicted molar refractivity (Wildman–Crippen MR) is 128 cm³/mol. The maximum Gasteiger partial charge on any atom is 0.234 e. The van der Waals surface area contributed by atoms with Gasteiger partial charge in [-0.05, 0) is 80.3 Å². The molecule has 0 unspecified atom stereocenters. The second kappa shape index (κ2) is 8.83. The average molecular weight is 457 g/mol. The van der Waals surface area contributed by atoms with Crippen LogP contribution in [0.25, 0.3) is 0 Å². The summed E-state index contributed by atoms with van der Waals surface area (Å²) in [5.74, 6) is 1.84. The number of carbonyl (C=O) groups excluding carboxylic acids is 2. The molecule has 4 saturated heterocycles. The van der Waals surface area contributed by atoms with Gasteiger partial charge in [-0.3, -0.25) is 14.5 Å². The lowest BCUT2D eigenvalue weighted by molar-refractivity contribution is -0.136. The maximum atomic E-state index is 12.0. The number of thioether (sulfide) groups is 2. The van der Waals surface area contributed by atoms with Gasteiger partial charge < -0.3 is 15.5 Å². The molecular weight excluding hydrogens is 416 g/mol. The van der Waals surface area contributed by atoms with Gasteiger partial charge in [0.25, 0.3) is 0 Å². The number of carbonyl (C=O) groups is 2. The minimum Gasteiger partial charge on any atom is -0.341 e. The van der Waals surface area contributed by atoms with Crippen molar-refractivity contribution in [2.45, 2.75) is 88.0 Å². The van der Waals surface area contributed by atoms with Crippen LogP contribution in [-0.4, -0.2) is 80.1 Å². The van der Waals surface area contributed by atoms with E-state index in [4.69, 9.17) is 0 Å². The van der Waals surface area contributed by atoms with E-state index < -0.39 is 0 Å². The summed E-state index contributed by atoms with van der Waals surface area (Å²) in [5, 5.41) is 6.51. The van der Waals surface area contributed by atoms with Crippen molar-refractivity contribution in [1.29, 1.82) is 0 Å². The minimum absolute atomic E-state index is 0.0437. The standard InChI is InChI=1S/2C11H20N2OS/c1-10(2,3)13-6-4-11(5-7-13)12-9(14)8-15-11;1-10(2,3)13-9(14)8-15-11(13)4-6-12-7-5-11/h4-8H2,1-3H3,(H,12,14);12H,4-8H2,1-3H3. The molecule has 0 aromatic carbocycles. The Morgan fingerprint density at radius 2 is 1.43 bits per heavy atom. The summed E-state index contributed by atoms with van der Waals surface area (Å²) in [6.07, 6.45) is 4.34. The predicted octanol–water partition coefficient (Wildman–Crippen LogP) is 2.88. The van der Waals surface area contributed by atoms with Crippen molar-refractivity contribution in [1.82, 2.24) is 20.4 Å². The lowest BCUT2D eigenvalue weighted by Crippen LogP contribution is -2.57. The molecule has 0 aromatic rings. The first kappa shape index (κ1) is 24.2. The second-order valence-corrected chi connectivity index (χ2v) is 13.6. The summed E-state index contributed by atoms with van der Waals surface area (Å²) in [6, 6.07) is 0. The number of nitrogens with one attached hydrogen (secondary N) is 2. The van der Waals surface area contributed by atoms with Gasteiger partial charge in [-0.1, -0.05) is 0 Å². The summed E-state index contributed by atoms with van der Waals surface area (Å²) in [4.78, 5) is 28.0. The number of rotatable bonds is 0. The summed E-state index contributed by atoms with van der Waals surface area (Å²) in [6.45, 7) is 17.4. The van der Waals surface area contributed by atoms with Gasteiger partial charge in [-0.2, -0.15) is 0 Å². The van der Waals surface area contributed by atoms with Gasteiger partial charge >= 0.3 is 0 Å². The first-order valence-electron chi connectivity index (χ1n) is 11.2. The molecule has 6 nitrogen and oxygen atoms in total. The molecule has 4 aliphatic rings. The van der Waals surface area contributed by atoms with E-state index in [1.54, 1.807) is 11.8 Å². The summed E-state index contributed by atoms with van der Waals surface area (Å²) < 4.78 is 0. The van der Waals surface area contributed by atoms with E-state index in [0.29, 0.717) is 17.4 Å². The van der Waals surface area contributed by atoms with Gasteiger partial charge in [-0.15, -0.1) is 23.5 Å². The topological polar surface area (TPSA) is 64.7 Å². The van der Waals surface area contributed by atoms with E-state index in [1.165, 1.54) is 0 Å². The molecular formula is C22H40N4O2S2. The summed E-state index contributed by atoms with van der Waals surface area (Å²) >= 11 is 3.64. The molecule has 4 fully saturated rings. The largest absolute Gasteiger partial charge is 0.341 e. The molecule has 0 aromatic heterocycles. The molecule has 8 heteroatoms. The van der Waals surface area contributed by atoms with Crippen molar-refractivity contribution in [2.24, 2.45) is 0 Å². The molecule has 4 rings (SSSR count). The first-order chi connectivity index (χ1) is 13.9. The molecule has 0 aliphatic carbocycles. The number of piperidine rings is 2. The van der Waals surface area contributed by atoms with Gasteiger partial charge in [-0.25, -0.2) is 0 Å². The fourth-order valence-electron chi connectivity index (χ4n) is 5.06. The highest BCUT2D eigenvalue weighted by Gasteiger charge is 2.50. The Morgan fingerprint density at radius 3 is 1.90 bits per heavy atom. The third-order valence-corrected chi connectivity index (χ3v) is 9.53. The highest BCUT2D eigenvalue weighted by atomic mass is 32.2. The molecule has 4 heterocycles. The number of amides is 2. The third kappa shape index (κ3) is 5.30. The molecule has 2 spiro atoms. The van der Waals surface area contributed by atoms with E-state index in [1.807, 2.05) is 11.8 Å². The Morgan fingerprint density at radius 1 is 0.833 bits per heavy atom. The highest BCUT2D eigenvalue weighted by Crippen LogP contribution is 2.46. The van der Waals surface area contributed by atoms with Crippen LogP contribution >= 0.6 is 23.5 Å². The Kier molecular flexibility index (Phi) is 7.13. The monoisotopic (exact) mass is 456 g/mol. The molecule has 30 heavy (non-hydrogen) atoms. The lowest BCUT2D eigenvalue weighted by Gasteiger charge is -2.47. The van der Waals surface area contributed by atoms with Gasteiger partial charge in [0.2, 0.25) is 11.8 Å². The van der Waals surface area contributed by atoms with E-state index in [-0.39, 0.29) is 26.7 Å². The van der Waals surface area contributed by atoms with Crippen LogP contribution in [0.5, 0.6) is 0 Å². The number of likely N-dealkylation sites (tertiary alicyclic amines) is 1. The summed E-state index contributed by atoms with van der Waals surface area (Å²) in [5.41, 5.74) is 0.215. The van der Waals surface area contributed by atoms with Crippen molar-refractivity contribution in [2.75, 3.05) is 37.7 Å². The Bertz CT molecular complexity index is 643. The normalized spacial score (nSPS) is 26.7. The highest BCUT2D eigenvalue weighted by molar-refractivity contribution is 8.02. The average Bonchev–Trinajstić information content (AvgIpc) is 3.16. The quantitative estimate of drug-likeness (QED) is 0.584. The zero-order chi connectivity index (χ0) is 22.2. The Labute approximate surface area is 191 Å². The zero-order valence-electron chi connectivity index (χ0n) is 19.6. The van der Waals surface area contributed by atoms with Crippen molar-refractivity contribution < 1.29 is 9.59 Å². The van der Waals surface area contributed by atoms with E-state index >= 15 is 0 Å². The molecule has 2 amide bonds. The van der Waals surface area contributed by atoms with Crippen LogP contribution in [0.3, 0.4) is 0 Å². The molecule has 172 valence electrons. The molecule has 2 N–H and O–H groups in total. The third-order valence-electron chi connectivity index (χ3n) is 6.54. The smallest absolute Gasteiger partial charge is 0.234 e. The van der Waals surface area contributed by atoms with Gasteiger partial charge in [0.05, 0.1) is 21.2 Å². The van der Waals surface area contributed by atoms with E-state index in [9.17, 15) is 9.59 Å². The number of hydrogen-bond acceptors (Lipinski definition) is 6. The minimum atomic E-state index is -0.0437. The Hall–Kier alpha value is -0.440. The Balaban J connectivity index is 0.000000171. The van der Waals surface area contributed by atoms with Crippen LogP contribution < -0.4 is 10.6 Å². The molecule has 0 saturated carbocycles. The lowest BCUT2D eigenvalue weighted by atomic mass is 9.96. The summed E-state index contributed by atoms with van der Waals surface area (Å²) in [7, 11) is 0. The van der Waals surface area contributed by atoms with Crippen LogP contribution in [0, 0.1) is 0 Å². The zero-order valence-corrected chi connectivity index (χ0v) is 21.2. The van der Waals surface area contributed by atoms with Crippen molar-refractivity contribution in [3.05, 3.63) is 0 Å². The van der Waals surface area contributed by atoms with Gasteiger partial charge in [0.15, 0.2) is 0 Å². The van der Waals surface area contributed by atoms with Gasteiger partial charge in [0.1, 0.15) is 0 Å². The van der Waals surface area contributed by atoms with Gasteiger partial charge in [0, 0.05) is 24.2 Å². The van der Waals surface area contributed by atoms with Crippen LogP contribution in [0.15, 0.2) is 0 Å². The van der Waals surface area contributed by atoms with E-state index in [0.717, 1.165) is 51.9 Å². The van der Waals surface area contributed by atoms with E-state index in [2.05, 4.69) is 62.0 Å². The fraction of sp³-hybridized carbons (Fsp3) is 0.909. The molecule has 0 radical (unpaired) electrons. The van der Waals surface area contributed by atoms with Crippen LogP contribution in [0.1, 0.15) is 67.2 Å². The molecule has 0 atom stereocenters. The first-order valence-corrected chi connectivity index (χ1v) is 13.2. The number of nitrogens with zero attached hydrogens (tertiary/aromatic N) is 2. The van der Waals surface area contributed by atoms with Crippen molar-refractivity contribution in [3.8, 4) is 0 Å².